The zero-order valence-electron chi connectivity index (χ0n) is 11.6. The van der Waals surface area contributed by atoms with Crippen molar-refractivity contribution in [2.45, 2.75) is 6.42 Å². The second-order valence-corrected chi connectivity index (χ2v) is 8.43. The molecule has 1 aliphatic rings. The smallest absolute Gasteiger partial charge is 0.325 e. The molecular formula is C13H11Cl2N3O4S. The van der Waals surface area contributed by atoms with Gasteiger partial charge in [-0.05, 0) is 24.3 Å². The van der Waals surface area contributed by atoms with Crippen LogP contribution in [0.3, 0.4) is 0 Å². The number of anilines is 1. The topological polar surface area (TPSA) is 93.4 Å². The predicted octanol–water partition coefficient (Wildman–Crippen LogP) is 2.31. The van der Waals surface area contributed by atoms with Crippen molar-refractivity contribution in [1.82, 2.24) is 10.2 Å². The van der Waals surface area contributed by atoms with Crippen LogP contribution in [-0.4, -0.2) is 36.8 Å². The van der Waals surface area contributed by atoms with Gasteiger partial charge in [0, 0.05) is 40.2 Å². The first-order chi connectivity index (χ1) is 10.8. The van der Waals surface area contributed by atoms with E-state index in [2.05, 4.69) is 10.2 Å². The van der Waals surface area contributed by atoms with Crippen molar-refractivity contribution < 1.29 is 17.6 Å². The Bertz CT molecular complexity index is 835. The molecule has 1 aromatic heterocycles. The quantitative estimate of drug-likeness (QED) is 0.761. The van der Waals surface area contributed by atoms with E-state index in [-0.39, 0.29) is 36.5 Å². The van der Waals surface area contributed by atoms with E-state index in [0.717, 1.165) is 0 Å². The van der Waals surface area contributed by atoms with Crippen LogP contribution in [0.1, 0.15) is 6.42 Å². The Kier molecular flexibility index (Phi) is 4.31. The molecule has 7 nitrogen and oxygen atoms in total. The van der Waals surface area contributed by atoms with Crippen molar-refractivity contribution in [3.63, 3.8) is 0 Å². The van der Waals surface area contributed by atoms with E-state index in [1.807, 2.05) is 0 Å². The number of halogens is 2. The summed E-state index contributed by atoms with van der Waals surface area (Å²) < 4.78 is 27.8. The Morgan fingerprint density at radius 3 is 2.61 bits per heavy atom. The Balaban J connectivity index is 1.78. The Hall–Kier alpha value is -1.64. The predicted molar refractivity (Wildman–Crippen MR) is 84.8 cm³/mol. The Morgan fingerprint density at radius 2 is 1.96 bits per heavy atom. The van der Waals surface area contributed by atoms with E-state index in [0.29, 0.717) is 10.6 Å². The third kappa shape index (κ3) is 3.82. The minimum Gasteiger partial charge on any atom is -0.403 e. The monoisotopic (exact) mass is 375 g/mol. The normalized spacial score (nSPS) is 18.6. The lowest BCUT2D eigenvalue weighted by Gasteiger charge is -2.10. The summed E-state index contributed by atoms with van der Waals surface area (Å²) in [5.41, 5.74) is 0.666. The zero-order chi connectivity index (χ0) is 16.6. The average Bonchev–Trinajstić information content (AvgIpc) is 3.04. The highest BCUT2D eigenvalue weighted by atomic mass is 35.7. The molecule has 2 heterocycles. The molecule has 1 aliphatic heterocycles. The number of amides is 1. The third-order valence-electron chi connectivity index (χ3n) is 3.38. The molecule has 1 fully saturated rings. The molecule has 0 bridgehead atoms. The molecule has 0 N–H and O–H groups in total. The molecule has 1 saturated heterocycles. The molecule has 0 radical (unpaired) electrons. The molecule has 0 saturated carbocycles. The number of hydrogen-bond acceptors (Lipinski definition) is 6. The first-order valence-corrected chi connectivity index (χ1v) is 9.49. The maximum atomic E-state index is 12.0. The van der Waals surface area contributed by atoms with Crippen LogP contribution in [-0.2, 0) is 13.8 Å². The van der Waals surface area contributed by atoms with E-state index in [4.69, 9.17) is 26.7 Å². The van der Waals surface area contributed by atoms with Gasteiger partial charge in [0.05, 0.1) is 5.75 Å². The first kappa shape index (κ1) is 16.2. The number of aromatic nitrogens is 2. The minimum atomic E-state index is -3.66. The van der Waals surface area contributed by atoms with Crippen molar-refractivity contribution in [2.24, 2.45) is 5.92 Å². The molecule has 2 aromatic rings. The van der Waals surface area contributed by atoms with Gasteiger partial charge in [-0.15, -0.1) is 5.10 Å². The maximum Gasteiger partial charge on any atom is 0.325 e. The lowest BCUT2D eigenvalue weighted by atomic mass is 10.1. The standard InChI is InChI=1S/C13H11Cl2N3O4S/c14-10-3-1-9(2-4-10)12-16-17-13(22-12)18-6-8(5-11(18)19)7-23(15,20)21/h1-4,8H,5-7H2. The van der Waals surface area contributed by atoms with E-state index >= 15 is 0 Å². The summed E-state index contributed by atoms with van der Waals surface area (Å²) in [6, 6.07) is 6.84. The Labute approximate surface area is 141 Å². The van der Waals surface area contributed by atoms with Crippen LogP contribution in [0.4, 0.5) is 6.01 Å². The SMILES string of the molecule is O=C1CC(CS(=O)(=O)Cl)CN1c1nnc(-c2ccc(Cl)cc2)o1. The highest BCUT2D eigenvalue weighted by molar-refractivity contribution is 8.13. The van der Waals surface area contributed by atoms with E-state index in [1.54, 1.807) is 24.3 Å². The molecule has 1 amide bonds. The van der Waals surface area contributed by atoms with Gasteiger partial charge in [-0.1, -0.05) is 16.7 Å². The van der Waals surface area contributed by atoms with Crippen LogP contribution in [0.5, 0.6) is 0 Å². The number of benzene rings is 1. The van der Waals surface area contributed by atoms with Crippen LogP contribution in [0.25, 0.3) is 11.5 Å². The second-order valence-electron chi connectivity index (χ2n) is 5.18. The fraction of sp³-hybridized carbons (Fsp3) is 0.308. The zero-order valence-corrected chi connectivity index (χ0v) is 14.0. The summed E-state index contributed by atoms with van der Waals surface area (Å²) in [5.74, 6) is -0.690. The van der Waals surface area contributed by atoms with E-state index in [9.17, 15) is 13.2 Å². The number of carbonyl (C=O) groups excluding carboxylic acids is 1. The summed E-state index contributed by atoms with van der Waals surface area (Å²) in [6.45, 7) is 0.174. The number of rotatable bonds is 4. The van der Waals surface area contributed by atoms with Gasteiger partial charge in [0.15, 0.2) is 0 Å². The van der Waals surface area contributed by atoms with E-state index < -0.39 is 15.0 Å². The Morgan fingerprint density at radius 1 is 1.26 bits per heavy atom. The largest absolute Gasteiger partial charge is 0.403 e. The molecule has 10 heteroatoms. The highest BCUT2D eigenvalue weighted by Crippen LogP contribution is 2.28. The molecule has 1 unspecified atom stereocenters. The van der Waals surface area contributed by atoms with Gasteiger partial charge in [-0.3, -0.25) is 9.69 Å². The highest BCUT2D eigenvalue weighted by Gasteiger charge is 2.35. The summed E-state index contributed by atoms with van der Waals surface area (Å²) >= 11 is 5.82. The van der Waals surface area contributed by atoms with Crippen molar-refractivity contribution in [3.05, 3.63) is 29.3 Å². The fourth-order valence-electron chi connectivity index (χ4n) is 2.39. The number of nitrogens with zero attached hydrogens (tertiary/aromatic N) is 3. The first-order valence-electron chi connectivity index (χ1n) is 6.64. The van der Waals surface area contributed by atoms with Gasteiger partial charge in [0.2, 0.25) is 20.8 Å². The molecule has 3 rings (SSSR count). The van der Waals surface area contributed by atoms with E-state index in [1.165, 1.54) is 4.90 Å². The van der Waals surface area contributed by atoms with Gasteiger partial charge < -0.3 is 4.42 Å². The summed E-state index contributed by atoms with van der Waals surface area (Å²) in [4.78, 5) is 13.3. The van der Waals surface area contributed by atoms with Crippen molar-refractivity contribution in [3.8, 4) is 11.5 Å². The molecule has 122 valence electrons. The summed E-state index contributed by atoms with van der Waals surface area (Å²) in [6.07, 6.45) is 0.0740. The van der Waals surface area contributed by atoms with Gasteiger partial charge in [-0.25, -0.2) is 8.42 Å². The molecule has 1 atom stereocenters. The summed E-state index contributed by atoms with van der Waals surface area (Å²) in [7, 11) is 1.57. The van der Waals surface area contributed by atoms with Crippen LogP contribution in [0, 0.1) is 5.92 Å². The maximum absolute atomic E-state index is 12.0. The molecule has 23 heavy (non-hydrogen) atoms. The van der Waals surface area contributed by atoms with Gasteiger partial charge >= 0.3 is 6.01 Å². The van der Waals surface area contributed by atoms with Crippen LogP contribution >= 0.6 is 22.3 Å². The fourth-order valence-corrected chi connectivity index (χ4v) is 3.84. The molecule has 0 spiro atoms. The van der Waals surface area contributed by atoms with Gasteiger partial charge in [0.1, 0.15) is 0 Å². The molecule has 1 aromatic carbocycles. The summed E-state index contributed by atoms with van der Waals surface area (Å²) in [5, 5.41) is 8.33. The van der Waals surface area contributed by atoms with Crippen LogP contribution < -0.4 is 4.90 Å². The number of carbonyl (C=O) groups is 1. The van der Waals surface area contributed by atoms with Crippen LogP contribution in [0.15, 0.2) is 28.7 Å². The van der Waals surface area contributed by atoms with Gasteiger partial charge in [-0.2, -0.15) is 0 Å². The van der Waals surface area contributed by atoms with Crippen LogP contribution in [0.2, 0.25) is 5.02 Å². The minimum absolute atomic E-state index is 0.0365. The van der Waals surface area contributed by atoms with Crippen molar-refractivity contribution >= 4 is 43.3 Å². The van der Waals surface area contributed by atoms with Crippen molar-refractivity contribution in [1.29, 1.82) is 0 Å². The second kappa shape index (κ2) is 6.10. The van der Waals surface area contributed by atoms with Gasteiger partial charge in [0.25, 0.3) is 0 Å². The third-order valence-corrected chi connectivity index (χ3v) is 4.88. The molecular weight excluding hydrogens is 365 g/mol. The molecule has 0 aliphatic carbocycles. The lowest BCUT2D eigenvalue weighted by molar-refractivity contribution is -0.117. The lowest BCUT2D eigenvalue weighted by Crippen LogP contribution is -2.25. The number of hydrogen-bond donors (Lipinski definition) is 0. The average molecular weight is 376 g/mol. The van der Waals surface area contributed by atoms with Crippen molar-refractivity contribution in [2.75, 3.05) is 17.2 Å².